The van der Waals surface area contributed by atoms with Crippen LogP contribution in [-0.2, 0) is 9.59 Å². The number of hydrogen-bond acceptors (Lipinski definition) is 2. The molecule has 0 bridgehead atoms. The molecule has 0 radical (unpaired) electrons. The van der Waals surface area contributed by atoms with E-state index >= 15 is 0 Å². The normalized spacial score (nSPS) is 10.4. The van der Waals surface area contributed by atoms with Crippen LogP contribution in [-0.4, -0.2) is 24.0 Å². The number of carbonyl (C=O) groups excluding carboxylic acids is 1. The second-order valence-electron chi connectivity index (χ2n) is 3.34. The molecule has 4 heteroatoms. The van der Waals surface area contributed by atoms with Crippen LogP contribution < -0.4 is 4.90 Å². The fraction of sp³-hybridized carbons (Fsp3) is 0.167. The average Bonchev–Trinajstić information content (AvgIpc) is 2.26. The summed E-state index contributed by atoms with van der Waals surface area (Å²) in [5.74, 6) is -1.03. The van der Waals surface area contributed by atoms with Gasteiger partial charge in [-0.3, -0.25) is 4.79 Å². The molecule has 1 N–H and O–H groups in total. The highest BCUT2D eigenvalue weighted by Crippen LogP contribution is 2.14. The molecule has 1 amide bonds. The smallest absolute Gasteiger partial charge is 0.328 e. The van der Waals surface area contributed by atoms with Gasteiger partial charge in [-0.15, -0.1) is 0 Å². The number of carboxylic acids is 1. The summed E-state index contributed by atoms with van der Waals surface area (Å²) in [5, 5.41) is 8.45. The van der Waals surface area contributed by atoms with E-state index in [2.05, 4.69) is 0 Å². The van der Waals surface area contributed by atoms with Crippen LogP contribution in [0.15, 0.2) is 30.3 Å². The van der Waals surface area contributed by atoms with Crippen LogP contribution in [0.2, 0.25) is 0 Å². The van der Waals surface area contributed by atoms with Crippen molar-refractivity contribution < 1.29 is 14.7 Å². The number of amides is 1. The number of nitrogens with zero attached hydrogens (tertiary/aromatic N) is 1. The van der Waals surface area contributed by atoms with E-state index in [0.717, 1.165) is 17.3 Å². The summed E-state index contributed by atoms with van der Waals surface area (Å²) >= 11 is 0. The zero-order chi connectivity index (χ0) is 12.1. The summed E-state index contributed by atoms with van der Waals surface area (Å²) in [6, 6.07) is 7.05. The van der Waals surface area contributed by atoms with E-state index in [-0.39, 0.29) is 5.91 Å². The molecule has 1 aromatic rings. The van der Waals surface area contributed by atoms with Crippen molar-refractivity contribution in [3.05, 3.63) is 35.9 Å². The topological polar surface area (TPSA) is 57.6 Å². The van der Waals surface area contributed by atoms with Crippen molar-refractivity contribution in [1.29, 1.82) is 0 Å². The molecule has 0 saturated heterocycles. The summed E-state index contributed by atoms with van der Waals surface area (Å²) in [7, 11) is 1.68. The van der Waals surface area contributed by atoms with Gasteiger partial charge in [-0.2, -0.15) is 0 Å². The molecule has 0 spiro atoms. The van der Waals surface area contributed by atoms with E-state index in [0.29, 0.717) is 0 Å². The predicted octanol–water partition coefficient (Wildman–Crippen LogP) is 1.77. The van der Waals surface area contributed by atoms with Crippen molar-refractivity contribution in [2.75, 3.05) is 11.9 Å². The fourth-order valence-electron chi connectivity index (χ4n) is 1.16. The van der Waals surface area contributed by atoms with Gasteiger partial charge in [-0.25, -0.2) is 4.79 Å². The van der Waals surface area contributed by atoms with Crippen molar-refractivity contribution in [2.24, 2.45) is 0 Å². The van der Waals surface area contributed by atoms with E-state index in [4.69, 9.17) is 5.11 Å². The Morgan fingerprint density at radius 2 is 1.81 bits per heavy atom. The minimum atomic E-state index is -0.982. The van der Waals surface area contributed by atoms with Gasteiger partial charge in [0.05, 0.1) is 0 Å². The Labute approximate surface area is 93.8 Å². The molecule has 0 unspecified atom stereocenters. The number of aliphatic carboxylic acids is 1. The summed E-state index contributed by atoms with van der Waals surface area (Å²) in [6.45, 7) is 1.48. The Balaban J connectivity index is 2.83. The van der Waals surface area contributed by atoms with Gasteiger partial charge in [0.1, 0.15) is 0 Å². The van der Waals surface area contributed by atoms with Crippen molar-refractivity contribution in [3.63, 3.8) is 0 Å². The van der Waals surface area contributed by atoms with Crippen molar-refractivity contribution >= 4 is 23.6 Å². The third-order valence-electron chi connectivity index (χ3n) is 2.17. The Hall–Kier alpha value is -2.10. The number of rotatable bonds is 3. The average molecular weight is 219 g/mol. The Morgan fingerprint density at radius 1 is 1.25 bits per heavy atom. The predicted molar refractivity (Wildman–Crippen MR) is 62.2 cm³/mol. The molecule has 16 heavy (non-hydrogen) atoms. The number of anilines is 1. The lowest BCUT2D eigenvalue weighted by Gasteiger charge is -2.14. The first kappa shape index (κ1) is 12.0. The van der Waals surface area contributed by atoms with E-state index in [1.54, 1.807) is 31.3 Å². The zero-order valence-corrected chi connectivity index (χ0v) is 9.18. The van der Waals surface area contributed by atoms with Gasteiger partial charge in [0.2, 0.25) is 5.91 Å². The van der Waals surface area contributed by atoms with Gasteiger partial charge >= 0.3 is 5.97 Å². The van der Waals surface area contributed by atoms with Gasteiger partial charge in [0.25, 0.3) is 0 Å². The van der Waals surface area contributed by atoms with Crippen LogP contribution in [0.25, 0.3) is 6.08 Å². The molecule has 0 atom stereocenters. The Bertz CT molecular complexity index is 420. The van der Waals surface area contributed by atoms with Crippen LogP contribution >= 0.6 is 0 Å². The quantitative estimate of drug-likeness (QED) is 0.788. The van der Waals surface area contributed by atoms with Crippen molar-refractivity contribution in [1.82, 2.24) is 0 Å². The summed E-state index contributed by atoms with van der Waals surface area (Å²) < 4.78 is 0. The van der Waals surface area contributed by atoms with E-state index in [1.165, 1.54) is 17.9 Å². The number of benzene rings is 1. The largest absolute Gasteiger partial charge is 0.478 e. The molecule has 4 nitrogen and oxygen atoms in total. The number of carbonyl (C=O) groups is 2. The first-order valence-corrected chi connectivity index (χ1v) is 4.76. The first-order chi connectivity index (χ1) is 7.50. The van der Waals surface area contributed by atoms with Crippen LogP contribution in [0.5, 0.6) is 0 Å². The molecule has 0 saturated carbocycles. The maximum Gasteiger partial charge on any atom is 0.328 e. The van der Waals surface area contributed by atoms with Crippen LogP contribution in [0, 0.1) is 0 Å². The highest BCUT2D eigenvalue weighted by Gasteiger charge is 2.03. The van der Waals surface area contributed by atoms with E-state index in [1.807, 2.05) is 0 Å². The molecular weight excluding hydrogens is 206 g/mol. The number of carboxylic acid groups (broad SMARTS) is 1. The zero-order valence-electron chi connectivity index (χ0n) is 9.18. The minimum absolute atomic E-state index is 0.0474. The summed E-state index contributed by atoms with van der Waals surface area (Å²) in [6.07, 6.45) is 2.57. The fourth-order valence-corrected chi connectivity index (χ4v) is 1.16. The lowest BCUT2D eigenvalue weighted by molar-refractivity contribution is -0.131. The van der Waals surface area contributed by atoms with Crippen LogP contribution in [0.1, 0.15) is 12.5 Å². The summed E-state index contributed by atoms with van der Waals surface area (Å²) in [4.78, 5) is 22.9. The standard InChI is InChI=1S/C12H13NO3/c1-9(14)13(2)11-6-3-10(4-7-11)5-8-12(15)16/h3-8H,1-2H3,(H,15,16)/b8-5+. The molecule has 0 aromatic heterocycles. The molecule has 0 aliphatic rings. The third-order valence-corrected chi connectivity index (χ3v) is 2.17. The number of hydrogen-bond donors (Lipinski definition) is 1. The van der Waals surface area contributed by atoms with Crippen molar-refractivity contribution in [3.8, 4) is 0 Å². The minimum Gasteiger partial charge on any atom is -0.478 e. The third kappa shape index (κ3) is 3.24. The highest BCUT2D eigenvalue weighted by atomic mass is 16.4. The second-order valence-corrected chi connectivity index (χ2v) is 3.34. The molecule has 0 aliphatic carbocycles. The lowest BCUT2D eigenvalue weighted by atomic mass is 10.2. The Morgan fingerprint density at radius 3 is 2.25 bits per heavy atom. The molecule has 0 fully saturated rings. The molecule has 1 rings (SSSR count). The SMILES string of the molecule is CC(=O)N(C)c1ccc(/C=C/C(=O)O)cc1. The van der Waals surface area contributed by atoms with Gasteiger partial charge in [0.15, 0.2) is 0 Å². The van der Waals surface area contributed by atoms with Gasteiger partial charge < -0.3 is 10.0 Å². The molecular formula is C12H13NO3. The maximum atomic E-state index is 11.1. The Kier molecular flexibility index (Phi) is 3.83. The highest BCUT2D eigenvalue weighted by molar-refractivity contribution is 5.91. The van der Waals surface area contributed by atoms with Gasteiger partial charge in [-0.05, 0) is 23.8 Å². The van der Waals surface area contributed by atoms with Crippen molar-refractivity contribution in [2.45, 2.75) is 6.92 Å². The molecule has 84 valence electrons. The monoisotopic (exact) mass is 219 g/mol. The molecule has 0 heterocycles. The van der Waals surface area contributed by atoms with Gasteiger partial charge in [-0.1, -0.05) is 12.1 Å². The lowest BCUT2D eigenvalue weighted by Crippen LogP contribution is -2.22. The molecule has 0 aliphatic heterocycles. The summed E-state index contributed by atoms with van der Waals surface area (Å²) in [5.41, 5.74) is 1.56. The van der Waals surface area contributed by atoms with E-state index < -0.39 is 5.97 Å². The maximum absolute atomic E-state index is 11.1. The molecule has 1 aromatic carbocycles. The second kappa shape index (κ2) is 5.11. The van der Waals surface area contributed by atoms with Crippen LogP contribution in [0.4, 0.5) is 5.69 Å². The van der Waals surface area contributed by atoms with Crippen LogP contribution in [0.3, 0.4) is 0 Å². The first-order valence-electron chi connectivity index (χ1n) is 4.76. The van der Waals surface area contributed by atoms with E-state index in [9.17, 15) is 9.59 Å². The van der Waals surface area contributed by atoms with Gasteiger partial charge in [0, 0.05) is 25.7 Å².